The molecule has 4 rings (SSSR count). The fraction of sp³-hybridized carbons (Fsp3) is 0.222. The molecule has 5 heteroatoms. The van der Waals surface area contributed by atoms with Crippen LogP contribution >= 0.6 is 0 Å². The van der Waals surface area contributed by atoms with Crippen molar-refractivity contribution >= 4 is 11.5 Å². The Hall–Kier alpha value is -2.82. The second-order valence-electron chi connectivity index (χ2n) is 5.64. The second kappa shape index (κ2) is 6.12. The van der Waals surface area contributed by atoms with E-state index in [9.17, 15) is 0 Å². The van der Waals surface area contributed by atoms with E-state index in [1.807, 2.05) is 47.4 Å². The number of aromatic nitrogens is 3. The minimum atomic E-state index is 0.980. The topological polar surface area (TPSA) is 37.2 Å². The van der Waals surface area contributed by atoms with Gasteiger partial charge in [0.25, 0.3) is 0 Å². The molecular formula is C18H19N5. The average molecular weight is 305 g/mol. The Morgan fingerprint density at radius 3 is 2.22 bits per heavy atom. The minimum absolute atomic E-state index is 0.980. The van der Waals surface area contributed by atoms with Gasteiger partial charge in [-0.3, -0.25) is 0 Å². The highest BCUT2D eigenvalue weighted by molar-refractivity contribution is 5.48. The van der Waals surface area contributed by atoms with Crippen LogP contribution in [0.3, 0.4) is 0 Å². The molecule has 0 amide bonds. The zero-order valence-corrected chi connectivity index (χ0v) is 12.9. The van der Waals surface area contributed by atoms with Gasteiger partial charge < -0.3 is 9.80 Å². The largest absolute Gasteiger partial charge is 0.365 e. The van der Waals surface area contributed by atoms with E-state index in [2.05, 4.69) is 44.3 Å². The van der Waals surface area contributed by atoms with Crippen molar-refractivity contribution in [2.75, 3.05) is 36.0 Å². The van der Waals surface area contributed by atoms with E-state index in [1.54, 1.807) is 0 Å². The molecule has 0 spiro atoms. The lowest BCUT2D eigenvalue weighted by atomic mass is 10.3. The second-order valence-corrected chi connectivity index (χ2v) is 5.64. The van der Waals surface area contributed by atoms with E-state index < -0.39 is 0 Å². The third kappa shape index (κ3) is 2.90. The van der Waals surface area contributed by atoms with Gasteiger partial charge in [-0.05, 0) is 24.3 Å². The lowest BCUT2D eigenvalue weighted by Crippen LogP contribution is -2.46. The molecule has 1 aliphatic heterocycles. The van der Waals surface area contributed by atoms with Gasteiger partial charge in [0.05, 0.1) is 23.8 Å². The summed E-state index contributed by atoms with van der Waals surface area (Å²) in [6.07, 6.45) is 5.90. The highest BCUT2D eigenvalue weighted by Gasteiger charge is 2.19. The number of hydrogen-bond acceptors (Lipinski definition) is 4. The molecular weight excluding hydrogens is 286 g/mol. The van der Waals surface area contributed by atoms with Crippen molar-refractivity contribution in [3.05, 3.63) is 67.1 Å². The summed E-state index contributed by atoms with van der Waals surface area (Å²) in [5, 5.41) is 4.49. The predicted octanol–water partition coefficient (Wildman–Crippen LogP) is 2.59. The van der Waals surface area contributed by atoms with Crippen LogP contribution in [0, 0.1) is 0 Å². The summed E-state index contributed by atoms with van der Waals surface area (Å²) in [4.78, 5) is 9.15. The summed E-state index contributed by atoms with van der Waals surface area (Å²) in [6.45, 7) is 3.93. The van der Waals surface area contributed by atoms with Crippen LogP contribution in [0.4, 0.5) is 11.5 Å². The molecule has 1 aromatic carbocycles. The lowest BCUT2D eigenvalue weighted by Gasteiger charge is -2.35. The van der Waals surface area contributed by atoms with Gasteiger partial charge in [-0.1, -0.05) is 24.3 Å². The Balaban J connectivity index is 1.44. The predicted molar refractivity (Wildman–Crippen MR) is 92.2 cm³/mol. The Morgan fingerprint density at radius 2 is 1.48 bits per heavy atom. The summed E-state index contributed by atoms with van der Waals surface area (Å²) < 4.78 is 1.93. The number of piperazine rings is 1. The van der Waals surface area contributed by atoms with Crippen LogP contribution in [0.2, 0.25) is 0 Å². The first-order valence-electron chi connectivity index (χ1n) is 7.91. The van der Waals surface area contributed by atoms with Crippen molar-refractivity contribution in [2.45, 2.75) is 0 Å². The minimum Gasteiger partial charge on any atom is -0.365 e. The van der Waals surface area contributed by atoms with E-state index in [1.165, 1.54) is 5.69 Å². The van der Waals surface area contributed by atoms with E-state index in [-0.39, 0.29) is 0 Å². The molecule has 5 nitrogen and oxygen atoms in total. The van der Waals surface area contributed by atoms with Crippen molar-refractivity contribution in [3.8, 4) is 5.69 Å². The number of para-hydroxylation sites is 1. The highest BCUT2D eigenvalue weighted by atomic mass is 15.3. The van der Waals surface area contributed by atoms with Gasteiger partial charge >= 0.3 is 0 Å². The van der Waals surface area contributed by atoms with E-state index in [4.69, 9.17) is 0 Å². The molecule has 23 heavy (non-hydrogen) atoms. The van der Waals surface area contributed by atoms with Gasteiger partial charge in [0.15, 0.2) is 0 Å². The molecule has 1 fully saturated rings. The number of anilines is 2. The SMILES string of the molecule is c1ccc(-n2cc(N3CCN(c4ccccn4)CC3)cn2)cc1. The van der Waals surface area contributed by atoms with E-state index in [0.717, 1.165) is 37.7 Å². The van der Waals surface area contributed by atoms with Gasteiger partial charge in [0.1, 0.15) is 5.82 Å². The Morgan fingerprint density at radius 1 is 0.739 bits per heavy atom. The van der Waals surface area contributed by atoms with Gasteiger partial charge in [-0.15, -0.1) is 0 Å². The van der Waals surface area contributed by atoms with Gasteiger partial charge in [0.2, 0.25) is 0 Å². The molecule has 2 aromatic heterocycles. The van der Waals surface area contributed by atoms with Gasteiger partial charge in [0, 0.05) is 32.4 Å². The monoisotopic (exact) mass is 305 g/mol. The van der Waals surface area contributed by atoms with Crippen molar-refractivity contribution in [1.82, 2.24) is 14.8 Å². The molecule has 0 saturated carbocycles. The van der Waals surface area contributed by atoms with Crippen molar-refractivity contribution in [2.24, 2.45) is 0 Å². The molecule has 0 aliphatic carbocycles. The molecule has 0 N–H and O–H groups in total. The standard InChI is InChI=1S/C18H19N5/c1-2-6-16(7-3-1)23-15-17(14-20-23)21-10-12-22(13-11-21)18-8-4-5-9-19-18/h1-9,14-15H,10-13H2. The van der Waals surface area contributed by atoms with Gasteiger partial charge in [-0.2, -0.15) is 5.10 Å². The third-order valence-corrected chi connectivity index (χ3v) is 4.21. The number of benzene rings is 1. The molecule has 116 valence electrons. The first-order valence-corrected chi connectivity index (χ1v) is 7.91. The molecule has 0 atom stereocenters. The molecule has 1 aliphatic rings. The number of hydrogen-bond donors (Lipinski definition) is 0. The summed E-state index contributed by atoms with van der Waals surface area (Å²) in [7, 11) is 0. The first kappa shape index (κ1) is 13.8. The van der Waals surface area contributed by atoms with E-state index in [0.29, 0.717) is 0 Å². The van der Waals surface area contributed by atoms with Gasteiger partial charge in [-0.25, -0.2) is 9.67 Å². The van der Waals surface area contributed by atoms with Crippen molar-refractivity contribution in [3.63, 3.8) is 0 Å². The maximum Gasteiger partial charge on any atom is 0.128 e. The smallest absolute Gasteiger partial charge is 0.128 e. The van der Waals surface area contributed by atoms with Crippen LogP contribution < -0.4 is 9.80 Å². The van der Waals surface area contributed by atoms with Crippen LogP contribution in [0.5, 0.6) is 0 Å². The summed E-state index contributed by atoms with van der Waals surface area (Å²) in [6, 6.07) is 16.3. The summed E-state index contributed by atoms with van der Waals surface area (Å²) >= 11 is 0. The van der Waals surface area contributed by atoms with Crippen molar-refractivity contribution in [1.29, 1.82) is 0 Å². The maximum atomic E-state index is 4.49. The zero-order valence-electron chi connectivity index (χ0n) is 12.9. The van der Waals surface area contributed by atoms with Crippen LogP contribution in [0.25, 0.3) is 5.69 Å². The first-order chi connectivity index (χ1) is 11.4. The Bertz CT molecular complexity index is 745. The molecule has 0 radical (unpaired) electrons. The fourth-order valence-electron chi connectivity index (χ4n) is 2.93. The highest BCUT2D eigenvalue weighted by Crippen LogP contribution is 2.19. The fourth-order valence-corrected chi connectivity index (χ4v) is 2.93. The summed E-state index contributed by atoms with van der Waals surface area (Å²) in [5.74, 6) is 1.06. The normalized spacial score (nSPS) is 15.0. The molecule has 0 bridgehead atoms. The van der Waals surface area contributed by atoms with Crippen LogP contribution in [-0.4, -0.2) is 40.9 Å². The molecule has 0 unspecified atom stereocenters. The molecule has 3 heterocycles. The third-order valence-electron chi connectivity index (χ3n) is 4.21. The maximum absolute atomic E-state index is 4.49. The summed E-state index contributed by atoms with van der Waals surface area (Å²) in [5.41, 5.74) is 2.26. The van der Waals surface area contributed by atoms with Crippen LogP contribution in [-0.2, 0) is 0 Å². The van der Waals surface area contributed by atoms with E-state index >= 15 is 0 Å². The van der Waals surface area contributed by atoms with Crippen LogP contribution in [0.15, 0.2) is 67.1 Å². The van der Waals surface area contributed by atoms with Crippen molar-refractivity contribution < 1.29 is 0 Å². The Labute approximate surface area is 135 Å². The van der Waals surface area contributed by atoms with Crippen LogP contribution in [0.1, 0.15) is 0 Å². The number of rotatable bonds is 3. The zero-order chi connectivity index (χ0) is 15.5. The molecule has 1 saturated heterocycles. The quantitative estimate of drug-likeness (QED) is 0.745. The average Bonchev–Trinajstić information content (AvgIpc) is 3.14. The number of pyridine rings is 1. The molecule has 3 aromatic rings. The number of nitrogens with zero attached hydrogens (tertiary/aromatic N) is 5. The lowest BCUT2D eigenvalue weighted by molar-refractivity contribution is 0.647. The Kier molecular flexibility index (Phi) is 3.68.